The van der Waals surface area contributed by atoms with Crippen LogP contribution in [0, 0.1) is 0 Å². The summed E-state index contributed by atoms with van der Waals surface area (Å²) in [5, 5.41) is 4.49. The van der Waals surface area contributed by atoms with Crippen molar-refractivity contribution in [1.29, 1.82) is 0 Å². The fraction of sp³-hybridized carbons (Fsp3) is 0.217. The third-order valence-corrected chi connectivity index (χ3v) is 9.09. The highest BCUT2D eigenvalue weighted by molar-refractivity contribution is 7.91. The van der Waals surface area contributed by atoms with E-state index in [1.165, 1.54) is 11.0 Å². The number of amides is 2. The Balaban J connectivity index is 1.31. The molecule has 0 saturated carbocycles. The van der Waals surface area contributed by atoms with Crippen LogP contribution >= 0.6 is 11.3 Å². The van der Waals surface area contributed by atoms with Gasteiger partial charge < -0.3 is 19.7 Å². The molecule has 2 N–H and O–H groups in total. The first-order chi connectivity index (χ1) is 16.4. The molecule has 0 spiro atoms. The summed E-state index contributed by atoms with van der Waals surface area (Å²) in [5.41, 5.74) is 2.38. The van der Waals surface area contributed by atoms with Gasteiger partial charge in [-0.25, -0.2) is 13.1 Å². The largest absolute Gasteiger partial charge is 0.454 e. The van der Waals surface area contributed by atoms with Gasteiger partial charge in [0, 0.05) is 6.54 Å². The number of ether oxygens (including phenoxy) is 2. The molecule has 3 aliphatic heterocycles. The van der Waals surface area contributed by atoms with Gasteiger partial charge in [-0.1, -0.05) is 18.2 Å². The summed E-state index contributed by atoms with van der Waals surface area (Å²) in [4.78, 5) is 28.0. The van der Waals surface area contributed by atoms with Crippen LogP contribution in [-0.4, -0.2) is 50.6 Å². The maximum atomic E-state index is 13.5. The molecule has 2 unspecified atom stereocenters. The van der Waals surface area contributed by atoms with E-state index in [4.69, 9.17) is 9.47 Å². The minimum atomic E-state index is -3.79. The summed E-state index contributed by atoms with van der Waals surface area (Å²) in [6, 6.07) is 12.3. The standard InChI is InChI=1S/C23H19N3O6S2/c27-22-21-17(25-34(29,30)20-2-1-9-33-20)7-8-26(21)23(28)15-10-13(3-5-16(15)24-22)14-4-6-18-19(11-14)32-12-31-18/h1-6,9-11,17,21,25H,7-8,12H2,(H,24,27). The highest BCUT2D eigenvalue weighted by Gasteiger charge is 2.46. The number of fused-ring (bicyclic) bond motifs is 3. The predicted octanol–water partition coefficient (Wildman–Crippen LogP) is 2.66. The van der Waals surface area contributed by atoms with E-state index < -0.39 is 28.0 Å². The Bertz CT molecular complexity index is 1420. The van der Waals surface area contributed by atoms with Crippen LogP contribution in [0.4, 0.5) is 5.69 Å². The van der Waals surface area contributed by atoms with Crippen molar-refractivity contribution < 1.29 is 27.5 Å². The molecule has 9 nitrogen and oxygen atoms in total. The lowest BCUT2D eigenvalue weighted by Crippen LogP contribution is -2.51. The summed E-state index contributed by atoms with van der Waals surface area (Å²) in [6.07, 6.45) is 0.339. The van der Waals surface area contributed by atoms with Crippen molar-refractivity contribution in [2.75, 3.05) is 18.7 Å². The number of carbonyl (C=O) groups is 2. The molecule has 6 rings (SSSR count). The molecule has 2 amide bonds. The summed E-state index contributed by atoms with van der Waals surface area (Å²) in [6.45, 7) is 0.434. The lowest BCUT2D eigenvalue weighted by atomic mass is 10.0. The molecular formula is C23H19N3O6S2. The fourth-order valence-electron chi connectivity index (χ4n) is 4.59. The summed E-state index contributed by atoms with van der Waals surface area (Å²) >= 11 is 1.10. The molecule has 3 aromatic rings. The van der Waals surface area contributed by atoms with Gasteiger partial charge in [0.15, 0.2) is 11.5 Å². The van der Waals surface area contributed by atoms with Crippen LogP contribution in [0.5, 0.6) is 11.5 Å². The molecule has 2 aromatic carbocycles. The number of benzene rings is 2. The van der Waals surface area contributed by atoms with Crippen molar-refractivity contribution in [3.8, 4) is 22.6 Å². The molecule has 11 heteroatoms. The number of nitrogens with zero attached hydrogens (tertiary/aromatic N) is 1. The topological polar surface area (TPSA) is 114 Å². The first kappa shape index (κ1) is 21.1. The Labute approximate surface area is 199 Å². The van der Waals surface area contributed by atoms with E-state index in [-0.39, 0.29) is 23.5 Å². The minimum absolute atomic E-state index is 0.168. The smallest absolute Gasteiger partial charge is 0.256 e. The van der Waals surface area contributed by atoms with E-state index >= 15 is 0 Å². The van der Waals surface area contributed by atoms with Gasteiger partial charge in [-0.3, -0.25) is 9.59 Å². The van der Waals surface area contributed by atoms with Gasteiger partial charge in [-0.15, -0.1) is 11.3 Å². The first-order valence-corrected chi connectivity index (χ1v) is 13.0. The average molecular weight is 498 g/mol. The van der Waals surface area contributed by atoms with Crippen molar-refractivity contribution in [2.24, 2.45) is 0 Å². The fourth-order valence-corrected chi connectivity index (χ4v) is 6.87. The predicted molar refractivity (Wildman–Crippen MR) is 125 cm³/mol. The molecule has 0 bridgehead atoms. The molecule has 4 heterocycles. The van der Waals surface area contributed by atoms with Crippen LogP contribution in [-0.2, 0) is 14.8 Å². The number of carbonyl (C=O) groups excluding carboxylic acids is 2. The Morgan fingerprint density at radius 1 is 1.03 bits per heavy atom. The van der Waals surface area contributed by atoms with Crippen LogP contribution in [0.2, 0.25) is 0 Å². The highest BCUT2D eigenvalue weighted by atomic mass is 32.2. The zero-order valence-electron chi connectivity index (χ0n) is 17.7. The van der Waals surface area contributed by atoms with Crippen molar-refractivity contribution in [3.05, 3.63) is 59.5 Å². The molecule has 0 radical (unpaired) electrons. The number of sulfonamides is 1. The summed E-state index contributed by atoms with van der Waals surface area (Å²) in [5.74, 6) is 0.559. The van der Waals surface area contributed by atoms with E-state index in [1.807, 2.05) is 24.3 Å². The quantitative estimate of drug-likeness (QED) is 0.573. The lowest BCUT2D eigenvalue weighted by Gasteiger charge is -2.24. The number of thiophene rings is 1. The SMILES string of the molecule is O=C1Nc2ccc(-c3ccc4c(c3)OCO4)cc2C(=O)N2CCC(NS(=O)(=O)c3cccs3)C12. The van der Waals surface area contributed by atoms with Crippen LogP contribution in [0.3, 0.4) is 0 Å². The molecule has 1 saturated heterocycles. The molecule has 0 aliphatic carbocycles. The molecule has 1 fully saturated rings. The maximum absolute atomic E-state index is 13.5. The number of hydrogen-bond donors (Lipinski definition) is 2. The Morgan fingerprint density at radius 3 is 2.65 bits per heavy atom. The maximum Gasteiger partial charge on any atom is 0.256 e. The zero-order valence-corrected chi connectivity index (χ0v) is 19.3. The van der Waals surface area contributed by atoms with Gasteiger partial charge in [0.25, 0.3) is 5.91 Å². The van der Waals surface area contributed by atoms with Gasteiger partial charge in [0.2, 0.25) is 22.7 Å². The van der Waals surface area contributed by atoms with E-state index in [1.54, 1.807) is 23.6 Å². The van der Waals surface area contributed by atoms with Crippen molar-refractivity contribution in [1.82, 2.24) is 9.62 Å². The van der Waals surface area contributed by atoms with Crippen LogP contribution in [0.25, 0.3) is 11.1 Å². The minimum Gasteiger partial charge on any atom is -0.454 e. The summed E-state index contributed by atoms with van der Waals surface area (Å²) < 4.78 is 39.1. The van der Waals surface area contributed by atoms with E-state index in [2.05, 4.69) is 10.0 Å². The average Bonchev–Trinajstić information content (AvgIpc) is 3.57. The van der Waals surface area contributed by atoms with Crippen molar-refractivity contribution >= 4 is 38.9 Å². The van der Waals surface area contributed by atoms with E-state index in [9.17, 15) is 18.0 Å². The van der Waals surface area contributed by atoms with Crippen LogP contribution in [0.15, 0.2) is 58.1 Å². The Morgan fingerprint density at radius 2 is 1.82 bits per heavy atom. The van der Waals surface area contributed by atoms with Crippen molar-refractivity contribution in [3.63, 3.8) is 0 Å². The third kappa shape index (κ3) is 3.44. The Kier molecular flexibility index (Phi) is 4.87. The van der Waals surface area contributed by atoms with Crippen molar-refractivity contribution in [2.45, 2.75) is 22.7 Å². The molecule has 34 heavy (non-hydrogen) atoms. The molecule has 1 aromatic heterocycles. The van der Waals surface area contributed by atoms with Crippen LogP contribution in [0.1, 0.15) is 16.8 Å². The highest BCUT2D eigenvalue weighted by Crippen LogP contribution is 2.38. The Hall–Kier alpha value is -3.41. The number of anilines is 1. The van der Waals surface area contributed by atoms with Gasteiger partial charge in [0.05, 0.1) is 17.3 Å². The van der Waals surface area contributed by atoms with Gasteiger partial charge in [-0.05, 0) is 53.3 Å². The first-order valence-electron chi connectivity index (χ1n) is 10.6. The van der Waals surface area contributed by atoms with Gasteiger partial charge in [-0.2, -0.15) is 0 Å². The molecule has 2 atom stereocenters. The second-order valence-corrected chi connectivity index (χ2v) is 11.1. The molecule has 174 valence electrons. The molecule has 3 aliphatic rings. The normalized spacial score (nSPS) is 21.1. The zero-order chi connectivity index (χ0) is 23.4. The number of hydrogen-bond acceptors (Lipinski definition) is 7. The van der Waals surface area contributed by atoms with Crippen LogP contribution < -0.4 is 19.5 Å². The number of nitrogens with one attached hydrogen (secondary N) is 2. The van der Waals surface area contributed by atoms with E-state index in [0.29, 0.717) is 29.2 Å². The lowest BCUT2D eigenvalue weighted by molar-refractivity contribution is -0.120. The monoisotopic (exact) mass is 497 g/mol. The second-order valence-electron chi connectivity index (χ2n) is 8.21. The second kappa shape index (κ2) is 7.83. The summed E-state index contributed by atoms with van der Waals surface area (Å²) in [7, 11) is -3.79. The van der Waals surface area contributed by atoms with Gasteiger partial charge in [0.1, 0.15) is 10.3 Å². The number of rotatable bonds is 4. The van der Waals surface area contributed by atoms with Gasteiger partial charge >= 0.3 is 0 Å². The van der Waals surface area contributed by atoms with E-state index in [0.717, 1.165) is 22.5 Å². The molecular weight excluding hydrogens is 478 g/mol. The third-order valence-electron chi connectivity index (χ3n) is 6.21.